The van der Waals surface area contributed by atoms with Crippen molar-refractivity contribution < 1.29 is 10.0 Å². The van der Waals surface area contributed by atoms with Crippen LogP contribution >= 0.6 is 0 Å². The highest BCUT2D eigenvalue weighted by atomic mass is 16.4. The predicted molar refractivity (Wildman–Crippen MR) is 63.4 cm³/mol. The van der Waals surface area contributed by atoms with Crippen LogP contribution in [0.5, 0.6) is 0 Å². The maximum atomic E-state index is 11.2. The fourth-order valence-corrected chi connectivity index (χ4v) is 1.08. The van der Waals surface area contributed by atoms with E-state index in [2.05, 4.69) is 29.2 Å². The molecule has 0 bridgehead atoms. The zero-order valence-corrected chi connectivity index (χ0v) is 10.2. The van der Waals surface area contributed by atoms with Gasteiger partial charge in [0.1, 0.15) is 5.84 Å². The van der Waals surface area contributed by atoms with Gasteiger partial charge in [0.05, 0.1) is 6.42 Å². The molecule has 0 fully saturated rings. The van der Waals surface area contributed by atoms with Crippen LogP contribution in [0.15, 0.2) is 5.16 Å². The highest BCUT2D eigenvalue weighted by Crippen LogP contribution is 1.94. The van der Waals surface area contributed by atoms with Gasteiger partial charge in [-0.25, -0.2) is 0 Å². The number of amidine groups is 1. The van der Waals surface area contributed by atoms with Gasteiger partial charge in [0.15, 0.2) is 0 Å². The standard InChI is InChI=1S/C10H22N4O2/c1-8(2)14(3)6-4-5-12-10(15)7-9(11)13-16/h8,16H,4-7H2,1-3H3,(H2,11,13)(H,12,15). The first-order valence-electron chi connectivity index (χ1n) is 5.40. The Hall–Kier alpha value is -1.30. The van der Waals surface area contributed by atoms with Crippen LogP contribution in [0, 0.1) is 0 Å². The molecule has 0 atom stereocenters. The zero-order valence-electron chi connectivity index (χ0n) is 10.2. The molecule has 1 amide bonds. The molecule has 0 aromatic carbocycles. The van der Waals surface area contributed by atoms with E-state index in [0.717, 1.165) is 13.0 Å². The van der Waals surface area contributed by atoms with Crippen LogP contribution in [0.3, 0.4) is 0 Å². The second-order valence-corrected chi connectivity index (χ2v) is 4.05. The average molecular weight is 230 g/mol. The molecular formula is C10H22N4O2. The largest absolute Gasteiger partial charge is 0.409 e. The quantitative estimate of drug-likeness (QED) is 0.188. The number of carbonyl (C=O) groups excluding carboxylic acids is 1. The summed E-state index contributed by atoms with van der Waals surface area (Å²) < 4.78 is 0. The minimum absolute atomic E-state index is 0.0590. The molecule has 94 valence electrons. The van der Waals surface area contributed by atoms with Crippen LogP contribution in [-0.2, 0) is 4.79 Å². The maximum Gasteiger partial charge on any atom is 0.227 e. The van der Waals surface area contributed by atoms with Crippen molar-refractivity contribution in [2.24, 2.45) is 10.9 Å². The van der Waals surface area contributed by atoms with Gasteiger partial charge in [-0.1, -0.05) is 5.16 Å². The molecule has 0 aromatic rings. The van der Waals surface area contributed by atoms with Crippen molar-refractivity contribution in [1.82, 2.24) is 10.2 Å². The van der Waals surface area contributed by atoms with Gasteiger partial charge in [0.25, 0.3) is 0 Å². The van der Waals surface area contributed by atoms with Crippen LogP contribution in [-0.4, -0.2) is 48.0 Å². The first-order valence-corrected chi connectivity index (χ1v) is 5.40. The summed E-state index contributed by atoms with van der Waals surface area (Å²) in [7, 11) is 2.04. The van der Waals surface area contributed by atoms with Gasteiger partial charge in [0, 0.05) is 12.6 Å². The molecule has 0 heterocycles. The summed E-state index contributed by atoms with van der Waals surface area (Å²) in [6.07, 6.45) is 0.827. The lowest BCUT2D eigenvalue weighted by Crippen LogP contribution is -2.33. The summed E-state index contributed by atoms with van der Waals surface area (Å²) in [5.74, 6) is -0.292. The van der Waals surface area contributed by atoms with Gasteiger partial charge in [-0.3, -0.25) is 4.79 Å². The molecule has 0 aliphatic carbocycles. The smallest absolute Gasteiger partial charge is 0.227 e. The number of amides is 1. The maximum absolute atomic E-state index is 11.2. The van der Waals surface area contributed by atoms with E-state index in [1.807, 2.05) is 7.05 Å². The summed E-state index contributed by atoms with van der Waals surface area (Å²) in [6.45, 7) is 5.78. The van der Waals surface area contributed by atoms with Crippen molar-refractivity contribution in [2.75, 3.05) is 20.1 Å². The Morgan fingerprint density at radius 2 is 2.19 bits per heavy atom. The molecule has 16 heavy (non-hydrogen) atoms. The molecule has 0 rings (SSSR count). The summed E-state index contributed by atoms with van der Waals surface area (Å²) in [6, 6.07) is 0.507. The summed E-state index contributed by atoms with van der Waals surface area (Å²) in [5.41, 5.74) is 5.20. The molecule has 0 saturated carbocycles. The van der Waals surface area contributed by atoms with Gasteiger partial charge in [-0.05, 0) is 33.9 Å². The molecule has 0 saturated heterocycles. The van der Waals surface area contributed by atoms with Crippen molar-refractivity contribution in [3.8, 4) is 0 Å². The fourth-order valence-electron chi connectivity index (χ4n) is 1.08. The number of nitrogens with two attached hydrogens (primary N) is 1. The number of carbonyl (C=O) groups is 1. The van der Waals surface area contributed by atoms with Gasteiger partial charge in [0.2, 0.25) is 5.91 Å². The van der Waals surface area contributed by atoms with Gasteiger partial charge < -0.3 is 21.2 Å². The monoisotopic (exact) mass is 230 g/mol. The number of rotatable bonds is 7. The van der Waals surface area contributed by atoms with E-state index in [1.54, 1.807) is 0 Å². The van der Waals surface area contributed by atoms with E-state index in [-0.39, 0.29) is 18.2 Å². The lowest BCUT2D eigenvalue weighted by atomic mass is 10.3. The topological polar surface area (TPSA) is 91.0 Å². The van der Waals surface area contributed by atoms with E-state index in [1.165, 1.54) is 0 Å². The SMILES string of the molecule is CC(C)N(C)CCCNC(=O)CC(N)=NO. The van der Waals surface area contributed by atoms with Gasteiger partial charge in [-0.2, -0.15) is 0 Å². The van der Waals surface area contributed by atoms with E-state index in [9.17, 15) is 4.79 Å². The summed E-state index contributed by atoms with van der Waals surface area (Å²) in [5, 5.41) is 13.7. The Balaban J connectivity index is 3.56. The van der Waals surface area contributed by atoms with Gasteiger partial charge in [-0.15, -0.1) is 0 Å². The summed E-state index contributed by atoms with van der Waals surface area (Å²) >= 11 is 0. The highest BCUT2D eigenvalue weighted by Gasteiger charge is 2.05. The van der Waals surface area contributed by atoms with Crippen LogP contribution in [0.2, 0.25) is 0 Å². The Labute approximate surface area is 96.5 Å². The van der Waals surface area contributed by atoms with Gasteiger partial charge >= 0.3 is 0 Å². The van der Waals surface area contributed by atoms with Crippen LogP contribution in [0.25, 0.3) is 0 Å². The minimum atomic E-state index is -0.220. The molecule has 6 heteroatoms. The Bertz CT molecular complexity index is 241. The van der Waals surface area contributed by atoms with E-state index >= 15 is 0 Å². The third-order valence-electron chi connectivity index (χ3n) is 2.36. The number of oxime groups is 1. The number of nitrogens with one attached hydrogen (secondary N) is 1. The lowest BCUT2D eigenvalue weighted by molar-refractivity contribution is -0.119. The molecule has 4 N–H and O–H groups in total. The first kappa shape index (κ1) is 14.7. The minimum Gasteiger partial charge on any atom is -0.409 e. The molecule has 0 aliphatic heterocycles. The van der Waals surface area contributed by atoms with Crippen molar-refractivity contribution in [2.45, 2.75) is 32.7 Å². The van der Waals surface area contributed by atoms with E-state index < -0.39 is 0 Å². The zero-order chi connectivity index (χ0) is 12.6. The third kappa shape index (κ3) is 7.05. The molecule has 6 nitrogen and oxygen atoms in total. The van der Waals surface area contributed by atoms with E-state index in [4.69, 9.17) is 10.9 Å². The van der Waals surface area contributed by atoms with Crippen molar-refractivity contribution in [3.05, 3.63) is 0 Å². The molecule has 0 radical (unpaired) electrons. The molecule has 0 aliphatic rings. The second kappa shape index (κ2) is 7.92. The lowest BCUT2D eigenvalue weighted by Gasteiger charge is -2.20. The first-order chi connectivity index (χ1) is 7.47. The van der Waals surface area contributed by atoms with Crippen LogP contribution < -0.4 is 11.1 Å². The molecule has 0 aromatic heterocycles. The summed E-state index contributed by atoms with van der Waals surface area (Å²) in [4.78, 5) is 13.4. The average Bonchev–Trinajstić information content (AvgIpc) is 2.23. The number of nitrogens with zero attached hydrogens (tertiary/aromatic N) is 2. The second-order valence-electron chi connectivity index (χ2n) is 4.05. The van der Waals surface area contributed by atoms with Crippen molar-refractivity contribution in [1.29, 1.82) is 0 Å². The Morgan fingerprint density at radius 3 is 2.69 bits per heavy atom. The predicted octanol–water partition coefficient (Wildman–Crippen LogP) is -0.0306. The molecular weight excluding hydrogens is 208 g/mol. The number of hydrogen-bond acceptors (Lipinski definition) is 4. The van der Waals surface area contributed by atoms with Crippen LogP contribution in [0.4, 0.5) is 0 Å². The fraction of sp³-hybridized carbons (Fsp3) is 0.800. The Morgan fingerprint density at radius 1 is 1.56 bits per heavy atom. The van der Waals surface area contributed by atoms with Crippen LogP contribution in [0.1, 0.15) is 26.7 Å². The third-order valence-corrected chi connectivity index (χ3v) is 2.36. The highest BCUT2D eigenvalue weighted by molar-refractivity contribution is 5.98. The van der Waals surface area contributed by atoms with Crippen molar-refractivity contribution >= 4 is 11.7 Å². The van der Waals surface area contributed by atoms with Crippen molar-refractivity contribution in [3.63, 3.8) is 0 Å². The normalized spacial score (nSPS) is 12.2. The Kier molecular flexibility index (Phi) is 7.28. The number of hydrogen-bond donors (Lipinski definition) is 3. The van der Waals surface area contributed by atoms with E-state index in [0.29, 0.717) is 12.6 Å². The molecule has 0 unspecified atom stereocenters. The molecule has 0 spiro atoms.